The van der Waals surface area contributed by atoms with Crippen molar-refractivity contribution in [3.05, 3.63) is 388 Å². The molecule has 0 saturated carbocycles. The second-order valence-corrected chi connectivity index (χ2v) is 24.0. The lowest BCUT2D eigenvalue weighted by molar-refractivity contribution is -0.385. The van der Waals surface area contributed by atoms with E-state index in [1.807, 2.05) is 48.5 Å². The van der Waals surface area contributed by atoms with Gasteiger partial charge in [-0.3, -0.25) is 75.1 Å². The molecular weight excluding hydrogens is 1660 g/mol. The topological polar surface area (TPSA) is 517 Å². The Labute approximate surface area is 694 Å². The minimum atomic E-state index is -0.897. The number of amides is 1. The number of hydrogen-bond donors (Lipinski definition) is 3. The Bertz CT molecular complexity index is 5310. The molecular formula is C83H68BrClN8O27. The van der Waals surface area contributed by atoms with Crippen molar-refractivity contribution in [3.8, 4) is 40.6 Å². The second kappa shape index (κ2) is 53.2. The number of carbonyl (C=O) groups is 3. The fraction of sp³-hybridized carbons (Fsp3) is 0.108. The van der Waals surface area contributed by atoms with Crippen LogP contribution in [0.15, 0.2) is 271 Å². The number of nitrogens with one attached hydrogen (secondary N) is 1. The van der Waals surface area contributed by atoms with Crippen LogP contribution in [0.2, 0.25) is 0 Å². The van der Waals surface area contributed by atoms with E-state index in [0.717, 1.165) is 38.7 Å². The van der Waals surface area contributed by atoms with Crippen LogP contribution < -0.4 is 34.7 Å². The first kappa shape index (κ1) is 98.2. The number of carbonyl (C=O) groups excluding carboxylic acids is 9. The van der Waals surface area contributed by atoms with Crippen LogP contribution in [0.25, 0.3) is 0 Å². The van der Waals surface area contributed by atoms with Crippen molar-refractivity contribution in [3.63, 3.8) is 0 Å². The average Bonchev–Trinajstić information content (AvgIpc) is 0.798. The van der Waals surface area contributed by atoms with Crippen molar-refractivity contribution in [2.24, 2.45) is 5.73 Å². The van der Waals surface area contributed by atoms with Crippen LogP contribution in [0.1, 0.15) is 83.4 Å². The third kappa shape index (κ3) is 34.0. The number of rotatable bonds is 22. The summed E-state index contributed by atoms with van der Waals surface area (Å²) in [5, 5.41) is 76.8. The lowest BCUT2D eigenvalue weighted by Crippen LogP contribution is -2.30. The predicted octanol–water partition coefficient (Wildman–Crippen LogP) is 14.7. The number of non-ortho nitro benzene ring substituents is 6. The lowest BCUT2D eigenvalue weighted by Gasteiger charge is -2.19. The molecule has 120 heavy (non-hydrogen) atoms. The molecule has 0 aliphatic rings. The van der Waals surface area contributed by atoms with Gasteiger partial charge in [-0.05, 0) is 130 Å². The molecule has 11 aromatic rings. The SMILES string of the molecule is COc1ccc(C#Cc2cccc([N+](=O)[O-])c2)cc1.COc1ccc(C(=O)C(=O)c2cccc([N+](=O)[O-])c2)cc1.COc1ccc(C(N)c2cccc([N+](=O)[O-])c2)cc1.COc1ccc(C(NC(=O)CCl)c2cccc([N+](=O)[O-])c2)cc1.COc1ccc(C(O)c2cccc([N+](=O)[O-])c2)cc1.O=C=O.O=C=O.O=C=O.O=[N+]([O-])c1cccc(Br)c1. The Kier molecular flexibility index (Phi) is 43.5. The van der Waals surface area contributed by atoms with Gasteiger partial charge >= 0.3 is 18.5 Å². The highest BCUT2D eigenvalue weighted by molar-refractivity contribution is 9.10. The first-order valence-corrected chi connectivity index (χ1v) is 35.0. The van der Waals surface area contributed by atoms with Crippen LogP contribution in [0.5, 0.6) is 28.7 Å². The van der Waals surface area contributed by atoms with Crippen LogP contribution in [0.3, 0.4) is 0 Å². The van der Waals surface area contributed by atoms with E-state index in [1.54, 1.807) is 150 Å². The number of nitrogens with two attached hydrogens (primary N) is 1. The van der Waals surface area contributed by atoms with Crippen molar-refractivity contribution < 1.29 is 101 Å². The maximum atomic E-state index is 12.1. The molecule has 0 spiro atoms. The number of nitro benzene ring substituents is 6. The number of nitrogens with zero attached hydrogens (tertiary/aromatic N) is 6. The minimum Gasteiger partial charge on any atom is -0.497 e. The summed E-state index contributed by atoms with van der Waals surface area (Å²) in [7, 11) is 7.80. The Morgan fingerprint density at radius 2 is 0.683 bits per heavy atom. The molecule has 11 rings (SSSR count). The zero-order valence-corrected chi connectivity index (χ0v) is 65.8. The van der Waals surface area contributed by atoms with E-state index in [9.17, 15) is 80.2 Å². The number of alkyl halides is 1. The van der Waals surface area contributed by atoms with Crippen molar-refractivity contribution in [1.29, 1.82) is 0 Å². The van der Waals surface area contributed by atoms with Gasteiger partial charge in [-0.2, -0.15) is 28.8 Å². The Balaban J connectivity index is 0.000000368. The summed E-state index contributed by atoms with van der Waals surface area (Å²) in [6.45, 7) is 0. The highest BCUT2D eigenvalue weighted by atomic mass is 79.9. The van der Waals surface area contributed by atoms with E-state index in [-0.39, 0.29) is 75.5 Å². The maximum absolute atomic E-state index is 12.1. The average molecular weight is 1720 g/mol. The first-order valence-electron chi connectivity index (χ1n) is 33.6. The minimum absolute atomic E-state index is 0.00924. The van der Waals surface area contributed by atoms with Gasteiger partial charge in [-0.15, -0.1) is 11.6 Å². The van der Waals surface area contributed by atoms with Crippen LogP contribution in [-0.4, -0.2) is 112 Å². The standard InChI is InChI=1S/C16H15ClN2O4.C15H11NO5.C15H11NO3.C14H14N2O3.C14H13NO4.C6H4BrNO2.3CO2/c1-23-14-7-5-11(6-8-14)16(18-15(20)10-17)12-3-2-4-13(9-12)19(21)22;1-21-13-7-5-10(6-8-13)14(17)15(18)11-3-2-4-12(9-11)16(19)20;1-19-15-9-7-12(8-10-15)5-6-13-3-2-4-14(11-13)16(17)18;1-19-13-7-5-10(6-8-13)14(15)11-3-2-4-12(9-11)16(17)18;1-19-13-7-5-10(6-8-13)14(16)11-3-2-4-12(9-11)15(17)18;7-5-2-1-3-6(4-5)8(9)10;3*2-1-3/h2-9,16H,10H2,1H3,(H,18,20);2-9H,1H3;2-4,7-11H,1H3;2-9,14H,15H2,1H3;2-9,14,16H,1H3;1-4H;;;. The van der Waals surface area contributed by atoms with Gasteiger partial charge in [0.15, 0.2) is 0 Å². The number of Topliss-reactive ketones (excluding diaryl/α,β-unsaturated/α-hetero) is 2. The molecule has 4 N–H and O–H groups in total. The highest BCUT2D eigenvalue weighted by Crippen LogP contribution is 2.30. The molecule has 11 aromatic carbocycles. The van der Waals surface area contributed by atoms with Gasteiger partial charge in [0.25, 0.3) is 34.1 Å². The van der Waals surface area contributed by atoms with Crippen molar-refractivity contribution in [2.45, 2.75) is 18.2 Å². The summed E-state index contributed by atoms with van der Waals surface area (Å²) in [4.78, 5) is 146. The van der Waals surface area contributed by atoms with Crippen LogP contribution in [0.4, 0.5) is 34.1 Å². The Morgan fingerprint density at radius 1 is 0.375 bits per heavy atom. The van der Waals surface area contributed by atoms with Crippen LogP contribution in [-0.2, 0) is 33.6 Å². The van der Waals surface area contributed by atoms with E-state index in [2.05, 4.69) is 33.1 Å². The third-order valence-electron chi connectivity index (χ3n) is 15.4. The van der Waals surface area contributed by atoms with E-state index < -0.39 is 59.3 Å². The second-order valence-electron chi connectivity index (χ2n) is 22.9. The molecule has 0 saturated heterocycles. The number of nitro groups is 6. The predicted molar refractivity (Wildman–Crippen MR) is 432 cm³/mol. The molecule has 0 bridgehead atoms. The molecule has 35 nitrogen and oxygen atoms in total. The molecule has 0 radical (unpaired) electrons. The van der Waals surface area contributed by atoms with E-state index in [1.165, 1.54) is 98.1 Å². The molecule has 0 aromatic heterocycles. The molecule has 3 unspecified atom stereocenters. The molecule has 1 amide bonds. The quantitative estimate of drug-likeness (QED) is 0.0142. The number of aliphatic hydroxyl groups excluding tert-OH is 1. The van der Waals surface area contributed by atoms with Gasteiger partial charge in [0.05, 0.1) is 77.2 Å². The molecule has 0 aliphatic carbocycles. The smallest absolute Gasteiger partial charge is 0.373 e. The van der Waals surface area contributed by atoms with Gasteiger partial charge in [-0.25, -0.2) is 0 Å². The summed E-state index contributed by atoms with van der Waals surface area (Å²) >= 11 is 8.69. The monoisotopic (exact) mass is 1720 g/mol. The summed E-state index contributed by atoms with van der Waals surface area (Å²) in [5.74, 6) is 7.22. The summed E-state index contributed by atoms with van der Waals surface area (Å²) in [6, 6.07) is 69.9. The summed E-state index contributed by atoms with van der Waals surface area (Å²) in [5.41, 5.74) is 11.7. The number of aliphatic hydroxyl groups is 1. The number of ether oxygens (including phenoxy) is 5. The van der Waals surface area contributed by atoms with Gasteiger partial charge in [0, 0.05) is 99.5 Å². The number of ketones is 2. The van der Waals surface area contributed by atoms with E-state index >= 15 is 0 Å². The zero-order valence-electron chi connectivity index (χ0n) is 63.4. The van der Waals surface area contributed by atoms with E-state index in [4.69, 9.17) is 69.8 Å². The molecule has 0 aliphatic heterocycles. The van der Waals surface area contributed by atoms with Gasteiger partial charge in [-0.1, -0.05) is 125 Å². The molecule has 37 heteroatoms. The zero-order chi connectivity index (χ0) is 89.2. The van der Waals surface area contributed by atoms with Gasteiger partial charge in [0.2, 0.25) is 17.5 Å². The summed E-state index contributed by atoms with van der Waals surface area (Å²) < 4.78 is 26.0. The van der Waals surface area contributed by atoms with E-state index in [0.29, 0.717) is 45.1 Å². The Hall–Kier alpha value is -16.0. The Morgan fingerprint density at radius 3 is 1.08 bits per heavy atom. The van der Waals surface area contributed by atoms with Gasteiger partial charge < -0.3 is 39.8 Å². The van der Waals surface area contributed by atoms with Crippen molar-refractivity contribution in [1.82, 2.24) is 5.32 Å². The van der Waals surface area contributed by atoms with Crippen molar-refractivity contribution in [2.75, 3.05) is 41.4 Å². The molecule has 0 fully saturated rings. The maximum Gasteiger partial charge on any atom is 0.373 e. The number of benzene rings is 11. The van der Waals surface area contributed by atoms with Crippen LogP contribution >= 0.6 is 27.5 Å². The highest BCUT2D eigenvalue weighted by Gasteiger charge is 2.23. The first-order chi connectivity index (χ1) is 57.4. The summed E-state index contributed by atoms with van der Waals surface area (Å²) in [6.07, 6.45) is -0.147. The van der Waals surface area contributed by atoms with Crippen molar-refractivity contribution >= 4 is 97.6 Å². The molecule has 0 heterocycles. The number of hydrogen-bond acceptors (Lipinski definition) is 28. The number of methoxy groups -OCH3 is 5. The molecule has 3 atom stereocenters. The number of halogens is 2. The molecule has 616 valence electrons. The van der Waals surface area contributed by atoms with Crippen LogP contribution in [0, 0.1) is 72.5 Å². The third-order valence-corrected chi connectivity index (χ3v) is 16.2. The fourth-order valence-corrected chi connectivity index (χ4v) is 10.1. The lowest BCUT2D eigenvalue weighted by atomic mass is 9.98. The van der Waals surface area contributed by atoms with Gasteiger partial charge in [0.1, 0.15) is 40.7 Å². The largest absolute Gasteiger partial charge is 0.497 e. The fourth-order valence-electron chi connectivity index (χ4n) is 9.67. The normalized spacial score (nSPS) is 10.2.